The highest BCUT2D eigenvalue weighted by molar-refractivity contribution is 5.16. The fourth-order valence-electron chi connectivity index (χ4n) is 2.93. The molecule has 1 saturated heterocycles. The molecule has 0 bridgehead atoms. The van der Waals surface area contributed by atoms with Gasteiger partial charge in [0, 0.05) is 25.2 Å². The fourth-order valence-corrected chi connectivity index (χ4v) is 2.93. The maximum atomic E-state index is 13.6. The number of ether oxygens (including phenoxy) is 1. The Hall–Kier alpha value is -1.79. The van der Waals surface area contributed by atoms with Gasteiger partial charge in [0.2, 0.25) is 0 Å². The molecule has 0 aliphatic carbocycles. The van der Waals surface area contributed by atoms with Gasteiger partial charge in [-0.05, 0) is 25.8 Å². The maximum Gasteiger partial charge on any atom is 0.140 e. The number of piperidine rings is 1. The van der Waals surface area contributed by atoms with Gasteiger partial charge in [-0.1, -0.05) is 18.2 Å². The van der Waals surface area contributed by atoms with Crippen LogP contribution in [0.1, 0.15) is 31.2 Å². The second-order valence-corrected chi connectivity index (χ2v) is 5.87. The van der Waals surface area contributed by atoms with Gasteiger partial charge < -0.3 is 4.74 Å². The number of rotatable bonds is 6. The molecule has 5 nitrogen and oxygen atoms in total. The highest BCUT2D eigenvalue weighted by Crippen LogP contribution is 2.18. The molecular formula is C17H23FN4O. The molecule has 124 valence electrons. The maximum absolute atomic E-state index is 13.6. The third-order valence-electron chi connectivity index (χ3n) is 4.33. The van der Waals surface area contributed by atoms with Crippen LogP contribution in [0.3, 0.4) is 0 Å². The average Bonchev–Trinajstić information content (AvgIpc) is 3.02. The molecule has 0 spiro atoms. The van der Waals surface area contributed by atoms with Crippen molar-refractivity contribution in [3.63, 3.8) is 0 Å². The predicted molar refractivity (Wildman–Crippen MR) is 85.2 cm³/mol. The van der Waals surface area contributed by atoms with Crippen molar-refractivity contribution in [2.45, 2.75) is 45.6 Å². The summed E-state index contributed by atoms with van der Waals surface area (Å²) in [5.74, 6) is 0.821. The van der Waals surface area contributed by atoms with Gasteiger partial charge in [0.1, 0.15) is 18.0 Å². The van der Waals surface area contributed by atoms with Crippen LogP contribution in [0, 0.1) is 5.82 Å². The largest absolute Gasteiger partial charge is 0.373 e. The first kappa shape index (κ1) is 16.1. The van der Waals surface area contributed by atoms with Gasteiger partial charge in [0.15, 0.2) is 0 Å². The third-order valence-corrected chi connectivity index (χ3v) is 4.33. The van der Waals surface area contributed by atoms with Crippen LogP contribution < -0.4 is 0 Å². The first-order valence-electron chi connectivity index (χ1n) is 8.20. The summed E-state index contributed by atoms with van der Waals surface area (Å²) >= 11 is 0. The molecule has 1 aliphatic heterocycles. The lowest BCUT2D eigenvalue weighted by atomic mass is 10.1. The Bertz CT molecular complexity index is 623. The Morgan fingerprint density at radius 2 is 2.04 bits per heavy atom. The van der Waals surface area contributed by atoms with Crippen LogP contribution in [0.2, 0.25) is 0 Å². The standard InChI is InChI=1S/C17H23FN4O/c1-2-22-17(19-13-20-22)11-21-9-7-15(8-10-21)23-12-14-5-3-4-6-16(14)18/h3-6,13,15H,2,7-12H2,1H3. The Kier molecular flexibility index (Phi) is 5.35. The van der Waals surface area contributed by atoms with E-state index >= 15 is 0 Å². The molecule has 1 aliphatic rings. The van der Waals surface area contributed by atoms with Gasteiger partial charge in [0.05, 0.1) is 19.3 Å². The topological polar surface area (TPSA) is 43.2 Å². The van der Waals surface area contributed by atoms with E-state index in [0.29, 0.717) is 12.2 Å². The second-order valence-electron chi connectivity index (χ2n) is 5.87. The van der Waals surface area contributed by atoms with Gasteiger partial charge in [-0.2, -0.15) is 5.10 Å². The molecule has 6 heteroatoms. The van der Waals surface area contributed by atoms with E-state index in [1.165, 1.54) is 6.07 Å². The first-order chi connectivity index (χ1) is 11.3. The summed E-state index contributed by atoms with van der Waals surface area (Å²) in [6, 6.07) is 6.80. The highest BCUT2D eigenvalue weighted by Gasteiger charge is 2.21. The van der Waals surface area contributed by atoms with Gasteiger partial charge in [-0.3, -0.25) is 4.90 Å². The summed E-state index contributed by atoms with van der Waals surface area (Å²) in [5.41, 5.74) is 0.631. The second kappa shape index (κ2) is 7.66. The number of aryl methyl sites for hydroxylation is 1. The zero-order chi connectivity index (χ0) is 16.1. The van der Waals surface area contributed by atoms with Crippen molar-refractivity contribution in [1.29, 1.82) is 0 Å². The average molecular weight is 318 g/mol. The fraction of sp³-hybridized carbons (Fsp3) is 0.529. The molecule has 0 N–H and O–H groups in total. The smallest absolute Gasteiger partial charge is 0.140 e. The van der Waals surface area contributed by atoms with Crippen LogP contribution in [0.5, 0.6) is 0 Å². The van der Waals surface area contributed by atoms with Crippen LogP contribution in [-0.2, 0) is 24.4 Å². The molecule has 3 rings (SSSR count). The Balaban J connectivity index is 1.44. The van der Waals surface area contributed by atoms with Gasteiger partial charge in [-0.15, -0.1) is 0 Å². The van der Waals surface area contributed by atoms with Crippen molar-refractivity contribution >= 4 is 0 Å². The number of nitrogens with zero attached hydrogens (tertiary/aromatic N) is 4. The summed E-state index contributed by atoms with van der Waals surface area (Å²) in [4.78, 5) is 6.70. The quantitative estimate of drug-likeness (QED) is 0.821. The van der Waals surface area contributed by atoms with E-state index in [1.54, 1.807) is 18.5 Å². The van der Waals surface area contributed by atoms with Gasteiger partial charge in [0.25, 0.3) is 0 Å². The van der Waals surface area contributed by atoms with Crippen LogP contribution in [0.4, 0.5) is 4.39 Å². The van der Waals surface area contributed by atoms with Crippen LogP contribution in [0.15, 0.2) is 30.6 Å². The number of aromatic nitrogens is 3. The molecule has 0 amide bonds. The molecule has 2 heterocycles. The zero-order valence-corrected chi connectivity index (χ0v) is 13.5. The van der Waals surface area contributed by atoms with Gasteiger partial charge >= 0.3 is 0 Å². The van der Waals surface area contributed by atoms with E-state index in [4.69, 9.17) is 4.74 Å². The van der Waals surface area contributed by atoms with Crippen molar-refractivity contribution in [3.05, 3.63) is 47.8 Å². The molecule has 1 aromatic heterocycles. The Labute approximate surface area is 136 Å². The third kappa shape index (κ3) is 4.14. The number of likely N-dealkylation sites (tertiary alicyclic amines) is 1. The summed E-state index contributed by atoms with van der Waals surface area (Å²) in [7, 11) is 0. The molecule has 2 aromatic rings. The minimum absolute atomic E-state index is 0.191. The SMILES string of the molecule is CCn1ncnc1CN1CCC(OCc2ccccc2F)CC1. The molecule has 23 heavy (non-hydrogen) atoms. The minimum atomic E-state index is -0.191. The first-order valence-corrected chi connectivity index (χ1v) is 8.20. The lowest BCUT2D eigenvalue weighted by Crippen LogP contribution is -2.37. The molecular weight excluding hydrogens is 295 g/mol. The van der Waals surface area contributed by atoms with E-state index in [-0.39, 0.29) is 11.9 Å². The summed E-state index contributed by atoms with van der Waals surface area (Å²) in [6.45, 7) is 6.03. The molecule has 0 unspecified atom stereocenters. The van der Waals surface area contributed by atoms with Crippen molar-refractivity contribution < 1.29 is 9.13 Å². The number of hydrogen-bond acceptors (Lipinski definition) is 4. The van der Waals surface area contributed by atoms with E-state index in [1.807, 2.05) is 10.7 Å². The summed E-state index contributed by atoms with van der Waals surface area (Å²) < 4.78 is 21.4. The predicted octanol–water partition coefficient (Wildman–Crippen LogP) is 2.62. The molecule has 0 radical (unpaired) electrons. The minimum Gasteiger partial charge on any atom is -0.373 e. The van der Waals surface area contributed by atoms with E-state index in [9.17, 15) is 4.39 Å². The zero-order valence-electron chi connectivity index (χ0n) is 13.5. The van der Waals surface area contributed by atoms with Crippen LogP contribution in [-0.4, -0.2) is 38.9 Å². The molecule has 0 atom stereocenters. The monoisotopic (exact) mass is 318 g/mol. The van der Waals surface area contributed by atoms with Crippen molar-refractivity contribution in [3.8, 4) is 0 Å². The highest BCUT2D eigenvalue weighted by atomic mass is 19.1. The summed E-state index contributed by atoms with van der Waals surface area (Å²) in [6.07, 6.45) is 3.75. The lowest BCUT2D eigenvalue weighted by molar-refractivity contribution is -0.00556. The lowest BCUT2D eigenvalue weighted by Gasteiger charge is -2.31. The molecule has 1 aromatic carbocycles. The number of halogens is 1. The van der Waals surface area contributed by atoms with E-state index in [0.717, 1.165) is 44.8 Å². The molecule has 0 saturated carbocycles. The van der Waals surface area contributed by atoms with E-state index in [2.05, 4.69) is 21.9 Å². The van der Waals surface area contributed by atoms with Crippen molar-refractivity contribution in [1.82, 2.24) is 19.7 Å². The Morgan fingerprint density at radius 1 is 1.26 bits per heavy atom. The van der Waals surface area contributed by atoms with Crippen molar-refractivity contribution in [2.24, 2.45) is 0 Å². The molecule has 1 fully saturated rings. The number of hydrogen-bond donors (Lipinski definition) is 0. The van der Waals surface area contributed by atoms with Crippen LogP contribution in [0.25, 0.3) is 0 Å². The normalized spacial score (nSPS) is 16.8. The van der Waals surface area contributed by atoms with Crippen LogP contribution >= 0.6 is 0 Å². The van der Waals surface area contributed by atoms with E-state index < -0.39 is 0 Å². The Morgan fingerprint density at radius 3 is 2.78 bits per heavy atom. The number of benzene rings is 1. The summed E-state index contributed by atoms with van der Waals surface area (Å²) in [5, 5.41) is 4.21. The van der Waals surface area contributed by atoms with Crippen molar-refractivity contribution in [2.75, 3.05) is 13.1 Å². The van der Waals surface area contributed by atoms with Gasteiger partial charge in [-0.25, -0.2) is 14.1 Å².